The van der Waals surface area contributed by atoms with E-state index in [1.165, 1.54) is 6.07 Å². The van der Waals surface area contributed by atoms with Crippen molar-refractivity contribution in [2.24, 2.45) is 0 Å². The summed E-state index contributed by atoms with van der Waals surface area (Å²) < 4.78 is 13.4. The zero-order chi connectivity index (χ0) is 22.1. The van der Waals surface area contributed by atoms with Crippen molar-refractivity contribution >= 4 is 39.9 Å². The molecule has 0 spiro atoms. The third-order valence-electron chi connectivity index (χ3n) is 5.07. The number of halogens is 1. The first-order valence-electron chi connectivity index (χ1n) is 9.48. The Morgan fingerprint density at radius 3 is 2.29 bits per heavy atom. The van der Waals surface area contributed by atoms with Crippen LogP contribution in [0.5, 0.6) is 0 Å². The van der Waals surface area contributed by atoms with Gasteiger partial charge < -0.3 is 5.32 Å². The molecule has 4 rings (SSSR count). The second kappa shape index (κ2) is 7.94. The number of hydrogen-bond donors (Lipinski definition) is 1. The number of rotatable bonds is 6. The minimum Gasteiger partial charge on any atom is -0.326 e. The van der Waals surface area contributed by atoms with Gasteiger partial charge in [0.15, 0.2) is 0 Å². The summed E-state index contributed by atoms with van der Waals surface area (Å²) in [6, 6.07) is 13.6. The predicted octanol–water partition coefficient (Wildman–Crippen LogP) is 3.90. The quantitative estimate of drug-likeness (QED) is 0.369. The molecule has 1 heterocycles. The molecule has 1 N–H and O–H groups in total. The third kappa shape index (κ3) is 3.73. The molecule has 8 nitrogen and oxygen atoms in total. The number of nitro benzene ring substituents is 1. The van der Waals surface area contributed by atoms with E-state index in [4.69, 9.17) is 0 Å². The number of carbonyl (C=O) groups is 3. The zero-order valence-corrected chi connectivity index (χ0v) is 16.1. The van der Waals surface area contributed by atoms with E-state index >= 15 is 0 Å². The average molecular weight is 421 g/mol. The van der Waals surface area contributed by atoms with E-state index in [1.54, 1.807) is 24.3 Å². The van der Waals surface area contributed by atoms with Crippen molar-refractivity contribution in [1.29, 1.82) is 0 Å². The van der Waals surface area contributed by atoms with Crippen LogP contribution in [-0.4, -0.2) is 34.1 Å². The molecule has 156 valence electrons. The molecule has 9 heteroatoms. The highest BCUT2D eigenvalue weighted by Crippen LogP contribution is 2.30. The Labute approximate surface area is 175 Å². The van der Waals surface area contributed by atoms with Gasteiger partial charge in [0.2, 0.25) is 11.7 Å². The van der Waals surface area contributed by atoms with E-state index in [1.807, 2.05) is 12.1 Å². The molecule has 0 saturated heterocycles. The lowest BCUT2D eigenvalue weighted by molar-refractivity contribution is -0.387. The molecule has 0 bridgehead atoms. The van der Waals surface area contributed by atoms with Crippen molar-refractivity contribution in [3.05, 3.63) is 81.7 Å². The van der Waals surface area contributed by atoms with E-state index in [0.717, 1.165) is 22.4 Å². The Kier molecular flexibility index (Phi) is 5.16. The van der Waals surface area contributed by atoms with Gasteiger partial charge in [-0.1, -0.05) is 24.3 Å². The third-order valence-corrected chi connectivity index (χ3v) is 5.07. The number of amides is 3. The van der Waals surface area contributed by atoms with Crippen LogP contribution < -0.4 is 5.32 Å². The SMILES string of the molecule is O=C(CCCN1C(=O)c2cccc3cccc(c23)C1=O)Nc1ccc(F)c([N+](=O)[O-])c1. The highest BCUT2D eigenvalue weighted by atomic mass is 19.1. The fraction of sp³-hybridized carbons (Fsp3) is 0.136. The van der Waals surface area contributed by atoms with Gasteiger partial charge in [0.1, 0.15) is 0 Å². The molecule has 1 aliphatic heterocycles. The summed E-state index contributed by atoms with van der Waals surface area (Å²) in [7, 11) is 0. The first-order valence-corrected chi connectivity index (χ1v) is 9.48. The van der Waals surface area contributed by atoms with E-state index in [-0.39, 0.29) is 25.1 Å². The molecule has 3 amide bonds. The number of nitrogens with one attached hydrogen (secondary N) is 1. The minimum atomic E-state index is -1.000. The second-order valence-corrected chi connectivity index (χ2v) is 7.05. The first-order chi connectivity index (χ1) is 14.9. The second-order valence-electron chi connectivity index (χ2n) is 7.05. The lowest BCUT2D eigenvalue weighted by Crippen LogP contribution is -2.41. The van der Waals surface area contributed by atoms with Gasteiger partial charge in [-0.05, 0) is 36.1 Å². The van der Waals surface area contributed by atoms with E-state index in [9.17, 15) is 28.9 Å². The lowest BCUT2D eigenvalue weighted by Gasteiger charge is -2.27. The molecular weight excluding hydrogens is 405 g/mol. The van der Waals surface area contributed by atoms with Crippen molar-refractivity contribution in [3.63, 3.8) is 0 Å². The van der Waals surface area contributed by atoms with E-state index in [0.29, 0.717) is 16.5 Å². The van der Waals surface area contributed by atoms with Crippen molar-refractivity contribution in [2.45, 2.75) is 12.8 Å². The number of hydrogen-bond acceptors (Lipinski definition) is 5. The van der Waals surface area contributed by atoms with Crippen molar-refractivity contribution < 1.29 is 23.7 Å². The number of nitrogens with zero attached hydrogens (tertiary/aromatic N) is 2. The Bertz CT molecular complexity index is 1210. The molecule has 0 radical (unpaired) electrons. The van der Waals surface area contributed by atoms with Crippen LogP contribution >= 0.6 is 0 Å². The lowest BCUT2D eigenvalue weighted by atomic mass is 9.94. The van der Waals surface area contributed by atoms with Gasteiger partial charge in [-0.3, -0.25) is 29.4 Å². The minimum absolute atomic E-state index is 0.0336. The fourth-order valence-electron chi connectivity index (χ4n) is 3.64. The zero-order valence-electron chi connectivity index (χ0n) is 16.1. The van der Waals surface area contributed by atoms with Crippen molar-refractivity contribution in [2.75, 3.05) is 11.9 Å². The molecule has 0 atom stereocenters. The van der Waals surface area contributed by atoms with Crippen LogP contribution in [0.1, 0.15) is 33.6 Å². The number of imide groups is 1. The summed E-state index contributed by atoms with van der Waals surface area (Å²) in [6.45, 7) is 0.0410. The van der Waals surface area contributed by atoms with Crippen LogP contribution in [0, 0.1) is 15.9 Å². The number of benzene rings is 3. The number of anilines is 1. The van der Waals surface area contributed by atoms with Crippen molar-refractivity contribution in [3.8, 4) is 0 Å². The van der Waals surface area contributed by atoms with Gasteiger partial charge in [-0.25, -0.2) is 0 Å². The van der Waals surface area contributed by atoms with Crippen LogP contribution in [0.25, 0.3) is 10.8 Å². The largest absolute Gasteiger partial charge is 0.326 e. The predicted molar refractivity (Wildman–Crippen MR) is 110 cm³/mol. The van der Waals surface area contributed by atoms with Gasteiger partial charge in [0, 0.05) is 41.2 Å². The summed E-state index contributed by atoms with van der Waals surface area (Å²) in [6.07, 6.45) is 0.166. The van der Waals surface area contributed by atoms with Crippen LogP contribution in [0.2, 0.25) is 0 Å². The van der Waals surface area contributed by atoms with E-state index < -0.39 is 34.1 Å². The Morgan fingerprint density at radius 1 is 1.03 bits per heavy atom. The Balaban J connectivity index is 1.42. The van der Waals surface area contributed by atoms with Gasteiger partial charge >= 0.3 is 5.69 Å². The van der Waals surface area contributed by atoms with Gasteiger partial charge in [0.25, 0.3) is 11.8 Å². The maximum Gasteiger partial charge on any atom is 0.306 e. The summed E-state index contributed by atoms with van der Waals surface area (Å²) in [5, 5.41) is 14.7. The number of nitro groups is 1. The van der Waals surface area contributed by atoms with E-state index in [2.05, 4.69) is 5.32 Å². The molecule has 0 aromatic heterocycles. The van der Waals surface area contributed by atoms with Gasteiger partial charge in [-0.2, -0.15) is 4.39 Å². The highest BCUT2D eigenvalue weighted by molar-refractivity contribution is 6.25. The smallest absolute Gasteiger partial charge is 0.306 e. The molecular formula is C22H16FN3O5. The molecule has 3 aromatic carbocycles. The standard InChI is InChI=1S/C22H16FN3O5/c23-17-10-9-14(12-18(17)26(30)31)24-19(27)8-3-11-25-21(28)15-6-1-4-13-5-2-7-16(20(13)15)22(25)29/h1-2,4-7,9-10,12H,3,8,11H2,(H,24,27). The summed E-state index contributed by atoms with van der Waals surface area (Å²) >= 11 is 0. The maximum atomic E-state index is 13.4. The Morgan fingerprint density at radius 2 is 1.68 bits per heavy atom. The normalized spacial score (nSPS) is 12.9. The monoisotopic (exact) mass is 421 g/mol. The molecule has 31 heavy (non-hydrogen) atoms. The van der Waals surface area contributed by atoms with Crippen molar-refractivity contribution in [1.82, 2.24) is 4.90 Å². The summed E-state index contributed by atoms with van der Waals surface area (Å²) in [5.74, 6) is -2.30. The van der Waals surface area contributed by atoms with Gasteiger partial charge in [-0.15, -0.1) is 0 Å². The summed E-state index contributed by atoms with van der Waals surface area (Å²) in [5.41, 5.74) is 0.227. The molecule has 3 aromatic rings. The summed E-state index contributed by atoms with van der Waals surface area (Å²) in [4.78, 5) is 48.9. The van der Waals surface area contributed by atoms with Crippen LogP contribution in [-0.2, 0) is 4.79 Å². The average Bonchev–Trinajstić information content (AvgIpc) is 2.75. The molecule has 0 aliphatic carbocycles. The maximum absolute atomic E-state index is 13.4. The molecule has 0 unspecified atom stereocenters. The molecule has 0 saturated carbocycles. The fourth-order valence-corrected chi connectivity index (χ4v) is 3.64. The first kappa shape index (κ1) is 20.1. The van der Waals surface area contributed by atoms with Crippen LogP contribution in [0.15, 0.2) is 54.6 Å². The van der Waals surface area contributed by atoms with Crippen LogP contribution in [0.4, 0.5) is 15.8 Å². The molecule has 1 aliphatic rings. The number of carbonyl (C=O) groups excluding carboxylic acids is 3. The van der Waals surface area contributed by atoms with Crippen LogP contribution in [0.3, 0.4) is 0 Å². The highest BCUT2D eigenvalue weighted by Gasteiger charge is 2.32. The Hall–Kier alpha value is -4.14. The molecule has 0 fully saturated rings. The topological polar surface area (TPSA) is 110 Å². The van der Waals surface area contributed by atoms with Gasteiger partial charge in [0.05, 0.1) is 4.92 Å².